The predicted molar refractivity (Wildman–Crippen MR) is 85.6 cm³/mol. The quantitative estimate of drug-likeness (QED) is 0.743. The molecule has 2 heterocycles. The maximum absolute atomic E-state index is 11.9. The molecule has 0 amide bonds. The van der Waals surface area contributed by atoms with Gasteiger partial charge in [0.2, 0.25) is 0 Å². The second-order valence-electron chi connectivity index (χ2n) is 4.69. The van der Waals surface area contributed by atoms with Crippen molar-refractivity contribution in [2.75, 3.05) is 6.61 Å². The van der Waals surface area contributed by atoms with Gasteiger partial charge in [-0.05, 0) is 48.7 Å². The van der Waals surface area contributed by atoms with Gasteiger partial charge in [0.15, 0.2) is 0 Å². The average Bonchev–Trinajstić information content (AvgIpc) is 3.04. The summed E-state index contributed by atoms with van der Waals surface area (Å²) in [7, 11) is 0. The number of nitrogens with zero attached hydrogens (tertiary/aromatic N) is 1. The maximum atomic E-state index is 11.9. The van der Waals surface area contributed by atoms with E-state index in [2.05, 4.69) is 28.9 Å². The van der Waals surface area contributed by atoms with Crippen molar-refractivity contribution < 1.29 is 9.53 Å². The molecule has 1 atom stereocenters. The van der Waals surface area contributed by atoms with Gasteiger partial charge in [-0.1, -0.05) is 0 Å². The normalized spacial score (nSPS) is 17.2. The Morgan fingerprint density at radius 1 is 1.55 bits per heavy atom. The monoisotopic (exact) mass is 371 g/mol. The van der Waals surface area contributed by atoms with Gasteiger partial charge in [-0.3, -0.25) is 4.79 Å². The van der Waals surface area contributed by atoms with Gasteiger partial charge >= 0.3 is 5.97 Å². The summed E-state index contributed by atoms with van der Waals surface area (Å²) in [6.07, 6.45) is 1.77. The molecule has 0 aliphatic heterocycles. The van der Waals surface area contributed by atoms with Crippen LogP contribution >= 0.6 is 38.6 Å². The lowest BCUT2D eigenvalue weighted by Crippen LogP contribution is -2.14. The van der Waals surface area contributed by atoms with Crippen LogP contribution in [0.15, 0.2) is 10.5 Å². The molecule has 0 aromatic carbocycles. The van der Waals surface area contributed by atoms with Crippen LogP contribution in [-0.2, 0) is 16.0 Å². The van der Waals surface area contributed by atoms with E-state index in [-0.39, 0.29) is 11.9 Å². The summed E-state index contributed by atoms with van der Waals surface area (Å²) in [6, 6.07) is 2.10. The Morgan fingerprint density at radius 3 is 3.00 bits per heavy atom. The van der Waals surface area contributed by atoms with E-state index in [1.807, 2.05) is 6.92 Å². The third-order valence-electron chi connectivity index (χ3n) is 3.36. The van der Waals surface area contributed by atoms with E-state index in [4.69, 9.17) is 9.72 Å². The molecule has 0 saturated carbocycles. The molecule has 0 saturated heterocycles. The Balaban J connectivity index is 1.92. The third-order valence-corrected chi connectivity index (χ3v) is 6.79. The molecule has 0 radical (unpaired) electrons. The van der Waals surface area contributed by atoms with Gasteiger partial charge in [0.05, 0.1) is 17.2 Å². The topological polar surface area (TPSA) is 39.2 Å². The maximum Gasteiger partial charge on any atom is 0.315 e. The van der Waals surface area contributed by atoms with Crippen molar-refractivity contribution in [3.8, 4) is 9.88 Å². The number of hydrogen-bond acceptors (Lipinski definition) is 5. The van der Waals surface area contributed by atoms with Crippen molar-refractivity contribution in [3.63, 3.8) is 0 Å². The third kappa shape index (κ3) is 2.44. The van der Waals surface area contributed by atoms with Crippen molar-refractivity contribution >= 4 is 44.6 Å². The van der Waals surface area contributed by atoms with Gasteiger partial charge in [0.25, 0.3) is 0 Å². The largest absolute Gasteiger partial charge is 0.465 e. The molecule has 6 heteroatoms. The molecular weight excluding hydrogens is 358 g/mol. The van der Waals surface area contributed by atoms with E-state index in [0.29, 0.717) is 6.61 Å². The van der Waals surface area contributed by atoms with Crippen molar-refractivity contribution in [2.45, 2.75) is 32.6 Å². The highest BCUT2D eigenvalue weighted by Gasteiger charge is 2.33. The van der Waals surface area contributed by atoms with Crippen LogP contribution in [0.1, 0.15) is 34.7 Å². The zero-order valence-electron chi connectivity index (χ0n) is 11.2. The molecule has 1 aliphatic carbocycles. The Kier molecular flexibility index (Phi) is 3.97. The Bertz CT molecular complexity index is 643. The molecule has 3 rings (SSSR count). The first-order valence-electron chi connectivity index (χ1n) is 6.52. The second kappa shape index (κ2) is 5.58. The SMILES string of the molecule is CCOC(=O)C1CCc2sc(-c3cc(Br)c(C)s3)nc21. The Morgan fingerprint density at radius 2 is 2.35 bits per heavy atom. The summed E-state index contributed by atoms with van der Waals surface area (Å²) < 4.78 is 6.26. The first kappa shape index (κ1) is 14.2. The molecular formula is C14H14BrNO2S2. The van der Waals surface area contributed by atoms with Crippen LogP contribution in [0.3, 0.4) is 0 Å². The minimum Gasteiger partial charge on any atom is -0.465 e. The lowest BCUT2D eigenvalue weighted by atomic mass is 10.1. The highest BCUT2D eigenvalue weighted by molar-refractivity contribution is 9.10. The van der Waals surface area contributed by atoms with E-state index in [1.165, 1.54) is 9.75 Å². The van der Waals surface area contributed by atoms with Gasteiger partial charge in [0.1, 0.15) is 10.9 Å². The average molecular weight is 372 g/mol. The fraction of sp³-hybridized carbons (Fsp3) is 0.429. The fourth-order valence-electron chi connectivity index (χ4n) is 2.37. The molecule has 1 aliphatic rings. The highest BCUT2D eigenvalue weighted by Crippen LogP contribution is 2.43. The zero-order valence-corrected chi connectivity index (χ0v) is 14.5. The Hall–Kier alpha value is -0.720. The van der Waals surface area contributed by atoms with Crippen molar-refractivity contribution in [2.24, 2.45) is 0 Å². The molecule has 20 heavy (non-hydrogen) atoms. The number of aromatic nitrogens is 1. The highest BCUT2D eigenvalue weighted by atomic mass is 79.9. The Labute approximate surface area is 134 Å². The minimum absolute atomic E-state index is 0.133. The first-order valence-corrected chi connectivity index (χ1v) is 8.95. The van der Waals surface area contributed by atoms with Gasteiger partial charge in [0, 0.05) is 14.2 Å². The first-order chi connectivity index (χ1) is 9.60. The molecule has 3 nitrogen and oxygen atoms in total. The summed E-state index contributed by atoms with van der Waals surface area (Å²) in [6.45, 7) is 4.35. The van der Waals surface area contributed by atoms with Crippen LogP contribution in [0.5, 0.6) is 0 Å². The smallest absolute Gasteiger partial charge is 0.315 e. The minimum atomic E-state index is -0.167. The molecule has 1 unspecified atom stereocenters. The summed E-state index contributed by atoms with van der Waals surface area (Å²) in [5.41, 5.74) is 0.936. The molecule has 106 valence electrons. The van der Waals surface area contributed by atoms with E-state index >= 15 is 0 Å². The number of thiazole rings is 1. The number of carbonyl (C=O) groups is 1. The van der Waals surface area contributed by atoms with E-state index in [1.54, 1.807) is 22.7 Å². The van der Waals surface area contributed by atoms with Crippen LogP contribution in [-0.4, -0.2) is 17.6 Å². The van der Waals surface area contributed by atoms with Gasteiger partial charge in [-0.25, -0.2) is 4.98 Å². The zero-order chi connectivity index (χ0) is 14.3. The fourth-order valence-corrected chi connectivity index (χ4v) is 5.09. The van der Waals surface area contributed by atoms with Crippen LogP contribution in [0.2, 0.25) is 0 Å². The number of aryl methyl sites for hydroxylation is 2. The molecule has 2 aromatic rings. The van der Waals surface area contributed by atoms with Gasteiger partial charge in [-0.15, -0.1) is 22.7 Å². The molecule has 2 aromatic heterocycles. The van der Waals surface area contributed by atoms with Gasteiger partial charge in [-0.2, -0.15) is 0 Å². The number of carbonyl (C=O) groups excluding carboxylic acids is 1. The van der Waals surface area contributed by atoms with Crippen molar-refractivity contribution in [1.29, 1.82) is 0 Å². The lowest BCUT2D eigenvalue weighted by Gasteiger charge is -2.07. The summed E-state index contributed by atoms with van der Waals surface area (Å²) in [4.78, 5) is 20.3. The molecule has 0 fully saturated rings. The second-order valence-corrected chi connectivity index (χ2v) is 7.88. The number of thiophene rings is 1. The number of esters is 1. The number of ether oxygens (including phenoxy) is 1. The van der Waals surface area contributed by atoms with Crippen LogP contribution in [0.25, 0.3) is 9.88 Å². The van der Waals surface area contributed by atoms with Crippen molar-refractivity contribution in [3.05, 3.63) is 26.0 Å². The van der Waals surface area contributed by atoms with Crippen LogP contribution in [0.4, 0.5) is 0 Å². The molecule has 0 bridgehead atoms. The number of fused-ring (bicyclic) bond motifs is 1. The van der Waals surface area contributed by atoms with Gasteiger partial charge < -0.3 is 4.74 Å². The van der Waals surface area contributed by atoms with E-state index in [0.717, 1.165) is 32.9 Å². The van der Waals surface area contributed by atoms with Crippen molar-refractivity contribution in [1.82, 2.24) is 4.98 Å². The van der Waals surface area contributed by atoms with E-state index < -0.39 is 0 Å². The number of hydrogen-bond donors (Lipinski definition) is 0. The molecule has 0 spiro atoms. The van der Waals surface area contributed by atoms with E-state index in [9.17, 15) is 4.79 Å². The number of rotatable bonds is 3. The predicted octanol–water partition coefficient (Wildman–Crippen LogP) is 4.54. The lowest BCUT2D eigenvalue weighted by molar-refractivity contribution is -0.145. The summed E-state index contributed by atoms with van der Waals surface area (Å²) in [5.74, 6) is -0.300. The molecule has 0 N–H and O–H groups in total. The summed E-state index contributed by atoms with van der Waals surface area (Å²) in [5, 5.41) is 1.02. The van der Waals surface area contributed by atoms with Crippen LogP contribution < -0.4 is 0 Å². The standard InChI is InChI=1S/C14H14BrNO2S2/c1-3-18-14(17)8-4-5-10-12(8)16-13(20-10)11-6-9(15)7(2)19-11/h6,8H,3-5H2,1-2H3. The summed E-state index contributed by atoms with van der Waals surface area (Å²) >= 11 is 6.97. The van der Waals surface area contributed by atoms with Crippen LogP contribution in [0, 0.1) is 6.92 Å². The number of halogens is 1.